The molecule has 13 heavy (non-hydrogen) atoms. The third-order valence-corrected chi connectivity index (χ3v) is 2.88. The Morgan fingerprint density at radius 2 is 2.15 bits per heavy atom. The molecule has 0 saturated heterocycles. The van der Waals surface area contributed by atoms with E-state index in [9.17, 15) is 0 Å². The first kappa shape index (κ1) is 10.0. The molecule has 0 bridgehead atoms. The van der Waals surface area contributed by atoms with Crippen LogP contribution < -0.4 is 4.90 Å². The van der Waals surface area contributed by atoms with Gasteiger partial charge in [0.2, 0.25) is 0 Å². The molecular weight excluding hydrogens is 182 g/mol. The Morgan fingerprint density at radius 1 is 1.54 bits per heavy atom. The lowest BCUT2D eigenvalue weighted by molar-refractivity contribution is 0.538. The molecule has 0 aliphatic carbocycles. The summed E-state index contributed by atoms with van der Waals surface area (Å²) in [6.07, 6.45) is 1.61. The minimum absolute atomic E-state index is 0.0462. The normalized spacial score (nSPS) is 11.0. The fraction of sp³-hybridized carbons (Fsp3) is 0.556. The first-order chi connectivity index (χ1) is 5.95. The van der Waals surface area contributed by atoms with E-state index in [1.54, 1.807) is 6.20 Å². The van der Waals surface area contributed by atoms with E-state index in [1.165, 1.54) is 11.3 Å². The topological polar surface area (TPSA) is 39.9 Å². The van der Waals surface area contributed by atoms with E-state index in [0.717, 1.165) is 5.13 Å². The third-order valence-electron chi connectivity index (χ3n) is 1.90. The summed E-state index contributed by atoms with van der Waals surface area (Å²) in [6.45, 7) is 6.33. The number of thiazole rings is 1. The largest absolute Gasteiger partial charge is 0.346 e. The van der Waals surface area contributed by atoms with Crippen molar-refractivity contribution >= 4 is 16.5 Å². The zero-order chi connectivity index (χ0) is 10.1. The number of nitrogens with zero attached hydrogens (tertiary/aromatic N) is 3. The number of anilines is 1. The lowest BCUT2D eigenvalue weighted by atomic mass is 10.1. The maximum Gasteiger partial charge on any atom is 0.186 e. The molecule has 1 rings (SSSR count). The highest BCUT2D eigenvalue weighted by Crippen LogP contribution is 2.26. The first-order valence-corrected chi connectivity index (χ1v) is 4.86. The Balaban J connectivity index is 2.91. The van der Waals surface area contributed by atoms with Gasteiger partial charge in [-0.05, 0) is 20.8 Å². The number of nitriles is 1. The number of aromatic nitrogens is 1. The maximum atomic E-state index is 8.64. The monoisotopic (exact) mass is 195 g/mol. The molecule has 0 saturated carbocycles. The van der Waals surface area contributed by atoms with Gasteiger partial charge in [0.15, 0.2) is 5.13 Å². The van der Waals surface area contributed by atoms with Crippen molar-refractivity contribution in [1.29, 1.82) is 5.26 Å². The second-order valence-electron chi connectivity index (χ2n) is 3.85. The molecular formula is C9H13N3S. The second kappa shape index (κ2) is 3.35. The first-order valence-electron chi connectivity index (χ1n) is 4.05. The van der Waals surface area contributed by atoms with E-state index >= 15 is 0 Å². The Bertz CT molecular complexity index is 329. The van der Waals surface area contributed by atoms with Crippen LogP contribution in [0.15, 0.2) is 6.20 Å². The van der Waals surface area contributed by atoms with Crippen molar-refractivity contribution in [3.8, 4) is 6.07 Å². The SMILES string of the molecule is CN(c1ncc(C#N)s1)C(C)(C)C. The molecule has 0 N–H and O–H groups in total. The predicted molar refractivity (Wildman–Crippen MR) is 55.0 cm³/mol. The van der Waals surface area contributed by atoms with Gasteiger partial charge in [-0.15, -0.1) is 0 Å². The van der Waals surface area contributed by atoms with Gasteiger partial charge >= 0.3 is 0 Å². The van der Waals surface area contributed by atoms with E-state index < -0.39 is 0 Å². The van der Waals surface area contributed by atoms with Crippen LogP contribution in [-0.2, 0) is 0 Å². The van der Waals surface area contributed by atoms with E-state index in [-0.39, 0.29) is 5.54 Å². The molecule has 0 radical (unpaired) electrons. The van der Waals surface area contributed by atoms with E-state index in [4.69, 9.17) is 5.26 Å². The summed E-state index contributed by atoms with van der Waals surface area (Å²) in [5.74, 6) is 0. The predicted octanol–water partition coefficient (Wildman–Crippen LogP) is 2.25. The van der Waals surface area contributed by atoms with Gasteiger partial charge in [0.1, 0.15) is 10.9 Å². The molecule has 0 unspecified atom stereocenters. The molecule has 0 atom stereocenters. The van der Waals surface area contributed by atoms with Crippen LogP contribution in [-0.4, -0.2) is 17.6 Å². The van der Waals surface area contributed by atoms with Crippen LogP contribution in [0.4, 0.5) is 5.13 Å². The molecule has 0 aliphatic rings. The molecule has 0 fully saturated rings. The van der Waals surface area contributed by atoms with Crippen LogP contribution in [0.3, 0.4) is 0 Å². The Labute approximate surface area is 82.6 Å². The summed E-state index contributed by atoms with van der Waals surface area (Å²) in [7, 11) is 1.99. The van der Waals surface area contributed by atoms with Gasteiger partial charge in [-0.2, -0.15) is 5.26 Å². The average molecular weight is 195 g/mol. The van der Waals surface area contributed by atoms with Gasteiger partial charge in [0.25, 0.3) is 0 Å². The van der Waals surface area contributed by atoms with E-state index in [0.29, 0.717) is 4.88 Å². The van der Waals surface area contributed by atoms with Gasteiger partial charge in [-0.25, -0.2) is 4.98 Å². The van der Waals surface area contributed by atoms with Crippen molar-refractivity contribution in [3.63, 3.8) is 0 Å². The minimum Gasteiger partial charge on any atom is -0.346 e. The molecule has 0 aromatic carbocycles. The fourth-order valence-corrected chi connectivity index (χ4v) is 1.62. The quantitative estimate of drug-likeness (QED) is 0.690. The highest BCUT2D eigenvalue weighted by atomic mass is 32.1. The van der Waals surface area contributed by atoms with Gasteiger partial charge < -0.3 is 4.90 Å². The van der Waals surface area contributed by atoms with Crippen LogP contribution in [0, 0.1) is 11.3 Å². The van der Waals surface area contributed by atoms with Crippen molar-refractivity contribution in [2.45, 2.75) is 26.3 Å². The number of hydrogen-bond acceptors (Lipinski definition) is 4. The van der Waals surface area contributed by atoms with Gasteiger partial charge in [-0.3, -0.25) is 0 Å². The molecule has 3 nitrogen and oxygen atoms in total. The van der Waals surface area contributed by atoms with E-state index in [1.807, 2.05) is 7.05 Å². The summed E-state index contributed by atoms with van der Waals surface area (Å²) in [5, 5.41) is 9.53. The standard InChI is InChI=1S/C9H13N3S/c1-9(2,3)12(4)8-11-6-7(5-10)13-8/h6H,1-4H3. The molecule has 0 spiro atoms. The number of hydrogen-bond donors (Lipinski definition) is 0. The summed E-state index contributed by atoms with van der Waals surface area (Å²) >= 11 is 1.42. The molecule has 0 amide bonds. The van der Waals surface area contributed by atoms with Crippen LogP contribution in [0.5, 0.6) is 0 Å². The van der Waals surface area contributed by atoms with Gasteiger partial charge in [0, 0.05) is 12.6 Å². The summed E-state index contributed by atoms with van der Waals surface area (Å²) < 4.78 is 0. The number of rotatable bonds is 1. The summed E-state index contributed by atoms with van der Waals surface area (Å²) in [5.41, 5.74) is 0.0462. The zero-order valence-electron chi connectivity index (χ0n) is 8.33. The summed E-state index contributed by atoms with van der Waals surface area (Å²) in [6, 6.07) is 2.08. The Hall–Kier alpha value is -1.08. The maximum absolute atomic E-state index is 8.64. The third kappa shape index (κ3) is 2.19. The van der Waals surface area contributed by atoms with Crippen LogP contribution in [0.25, 0.3) is 0 Å². The highest BCUT2D eigenvalue weighted by molar-refractivity contribution is 7.16. The smallest absolute Gasteiger partial charge is 0.186 e. The molecule has 1 aromatic rings. The fourth-order valence-electron chi connectivity index (χ4n) is 0.759. The molecule has 0 aliphatic heterocycles. The molecule has 70 valence electrons. The Morgan fingerprint density at radius 3 is 2.54 bits per heavy atom. The molecule has 1 aromatic heterocycles. The highest BCUT2D eigenvalue weighted by Gasteiger charge is 2.19. The summed E-state index contributed by atoms with van der Waals surface area (Å²) in [4.78, 5) is 6.90. The van der Waals surface area contributed by atoms with Crippen LogP contribution in [0.1, 0.15) is 25.6 Å². The van der Waals surface area contributed by atoms with Gasteiger partial charge in [-0.1, -0.05) is 11.3 Å². The van der Waals surface area contributed by atoms with Crippen molar-refractivity contribution in [2.75, 3.05) is 11.9 Å². The van der Waals surface area contributed by atoms with E-state index in [2.05, 4.69) is 36.7 Å². The molecule has 1 heterocycles. The van der Waals surface area contributed by atoms with Crippen molar-refractivity contribution in [2.24, 2.45) is 0 Å². The second-order valence-corrected chi connectivity index (χ2v) is 4.86. The lowest BCUT2D eigenvalue weighted by Crippen LogP contribution is -2.37. The van der Waals surface area contributed by atoms with Crippen LogP contribution in [0.2, 0.25) is 0 Å². The van der Waals surface area contributed by atoms with Gasteiger partial charge in [0.05, 0.1) is 6.20 Å². The average Bonchev–Trinajstić information content (AvgIpc) is 2.48. The Kier molecular flexibility index (Phi) is 2.58. The molecule has 4 heteroatoms. The van der Waals surface area contributed by atoms with Crippen molar-refractivity contribution < 1.29 is 0 Å². The zero-order valence-corrected chi connectivity index (χ0v) is 9.14. The van der Waals surface area contributed by atoms with Crippen molar-refractivity contribution in [3.05, 3.63) is 11.1 Å². The van der Waals surface area contributed by atoms with Crippen LogP contribution >= 0.6 is 11.3 Å². The lowest BCUT2D eigenvalue weighted by Gasteiger charge is -2.31. The minimum atomic E-state index is 0.0462. The van der Waals surface area contributed by atoms with Crippen molar-refractivity contribution in [1.82, 2.24) is 4.98 Å².